The van der Waals surface area contributed by atoms with Crippen molar-refractivity contribution in [3.8, 4) is 12.3 Å². The minimum absolute atomic E-state index is 0.137. The van der Waals surface area contributed by atoms with Crippen molar-refractivity contribution in [1.29, 1.82) is 0 Å². The highest BCUT2D eigenvalue weighted by Crippen LogP contribution is 2.31. The molecule has 1 aromatic carbocycles. The maximum atomic E-state index is 12.9. The summed E-state index contributed by atoms with van der Waals surface area (Å²) in [4.78, 5) is 0. The van der Waals surface area contributed by atoms with E-state index in [1.807, 2.05) is 0 Å². The normalized spacial score (nSPS) is 11.5. The zero-order valence-electron chi connectivity index (χ0n) is 15.2. The number of nitrogens with one attached hydrogen (secondary N) is 1. The van der Waals surface area contributed by atoms with Gasteiger partial charge in [0, 0.05) is 13.1 Å². The average Bonchev–Trinajstić information content (AvgIpc) is 2.64. The topological polar surface area (TPSA) is 49.0 Å². The van der Waals surface area contributed by atoms with Crippen LogP contribution in [0.3, 0.4) is 0 Å². The summed E-state index contributed by atoms with van der Waals surface area (Å²) in [5.41, 5.74) is -0.394. The molecule has 0 bridgehead atoms. The molecule has 0 atom stereocenters. The van der Waals surface area contributed by atoms with Crippen LogP contribution in [0.1, 0.15) is 11.1 Å². The lowest BCUT2D eigenvalue weighted by Gasteiger charge is -2.13. The van der Waals surface area contributed by atoms with Gasteiger partial charge in [-0.3, -0.25) is 0 Å². The molecule has 152 valence electrons. The number of hydrogen-bond acceptors (Lipinski definition) is 5. The maximum absolute atomic E-state index is 12.9. The Hall–Kier alpha value is -1.63. The maximum Gasteiger partial charge on any atom is 0.416 e. The third-order valence-corrected chi connectivity index (χ3v) is 3.36. The van der Waals surface area contributed by atoms with Gasteiger partial charge in [-0.2, -0.15) is 13.2 Å². The van der Waals surface area contributed by atoms with Crippen molar-refractivity contribution in [2.75, 3.05) is 59.4 Å². The van der Waals surface area contributed by atoms with Gasteiger partial charge >= 0.3 is 6.18 Å². The summed E-state index contributed by atoms with van der Waals surface area (Å²) in [5, 5.41) is 2.94. The van der Waals surface area contributed by atoms with Crippen LogP contribution < -0.4 is 5.32 Å². The highest BCUT2D eigenvalue weighted by Gasteiger charge is 2.32. The van der Waals surface area contributed by atoms with E-state index in [2.05, 4.69) is 11.2 Å². The van der Waals surface area contributed by atoms with Gasteiger partial charge in [-0.1, -0.05) is 24.1 Å². The van der Waals surface area contributed by atoms with E-state index in [0.29, 0.717) is 52.8 Å². The van der Waals surface area contributed by atoms with E-state index in [4.69, 9.17) is 25.4 Å². The zero-order valence-corrected chi connectivity index (χ0v) is 15.2. The SMILES string of the molecule is C#CCOCCOCCOCCOCCNCc1ccccc1C(F)(F)F. The number of benzene rings is 1. The highest BCUT2D eigenvalue weighted by molar-refractivity contribution is 5.29. The zero-order chi connectivity index (χ0) is 19.8. The lowest BCUT2D eigenvalue weighted by molar-refractivity contribution is -0.138. The lowest BCUT2D eigenvalue weighted by atomic mass is 10.1. The molecule has 27 heavy (non-hydrogen) atoms. The van der Waals surface area contributed by atoms with Crippen LogP contribution in [-0.2, 0) is 31.7 Å². The van der Waals surface area contributed by atoms with Crippen LogP contribution in [-0.4, -0.2) is 59.4 Å². The van der Waals surface area contributed by atoms with Gasteiger partial charge in [-0.25, -0.2) is 0 Å². The lowest BCUT2D eigenvalue weighted by Crippen LogP contribution is -2.22. The molecule has 5 nitrogen and oxygen atoms in total. The second kappa shape index (κ2) is 14.4. The van der Waals surface area contributed by atoms with Crippen molar-refractivity contribution in [3.63, 3.8) is 0 Å². The second-order valence-corrected chi connectivity index (χ2v) is 5.43. The van der Waals surface area contributed by atoms with Gasteiger partial charge < -0.3 is 24.3 Å². The van der Waals surface area contributed by atoms with Crippen LogP contribution in [0.25, 0.3) is 0 Å². The molecule has 0 amide bonds. The molecule has 8 heteroatoms. The molecule has 1 rings (SSSR count). The molecular weight excluding hydrogens is 363 g/mol. The first-order chi connectivity index (χ1) is 13.1. The molecule has 0 aliphatic carbocycles. The largest absolute Gasteiger partial charge is 0.416 e. The second-order valence-electron chi connectivity index (χ2n) is 5.43. The van der Waals surface area contributed by atoms with Crippen LogP contribution in [0.5, 0.6) is 0 Å². The van der Waals surface area contributed by atoms with Gasteiger partial charge in [0.05, 0.1) is 51.8 Å². The van der Waals surface area contributed by atoms with Gasteiger partial charge in [-0.15, -0.1) is 6.42 Å². The molecular formula is C19H26F3NO4. The van der Waals surface area contributed by atoms with Crippen molar-refractivity contribution < 1.29 is 32.1 Å². The molecule has 0 fully saturated rings. The van der Waals surface area contributed by atoms with Crippen LogP contribution in [0, 0.1) is 12.3 Å². The Morgan fingerprint density at radius 3 is 2.00 bits per heavy atom. The number of ether oxygens (including phenoxy) is 4. The van der Waals surface area contributed by atoms with E-state index >= 15 is 0 Å². The third-order valence-electron chi connectivity index (χ3n) is 3.36. The Morgan fingerprint density at radius 2 is 1.41 bits per heavy atom. The monoisotopic (exact) mass is 389 g/mol. The van der Waals surface area contributed by atoms with Crippen molar-refractivity contribution >= 4 is 0 Å². The molecule has 0 saturated carbocycles. The van der Waals surface area contributed by atoms with Gasteiger partial charge in [0.1, 0.15) is 6.61 Å². The Labute approximate surface area is 158 Å². The Bertz CT molecular complexity index is 546. The average molecular weight is 389 g/mol. The summed E-state index contributed by atoms with van der Waals surface area (Å²) in [5.74, 6) is 2.36. The van der Waals surface area contributed by atoms with Crippen LogP contribution in [0.15, 0.2) is 24.3 Å². The van der Waals surface area contributed by atoms with E-state index in [-0.39, 0.29) is 18.7 Å². The Balaban J connectivity index is 1.94. The predicted molar refractivity (Wildman–Crippen MR) is 95.3 cm³/mol. The standard InChI is InChI=1S/C19H26F3NO4/c1-2-8-24-10-12-26-14-15-27-13-11-25-9-7-23-16-17-5-3-4-6-18(17)19(20,21)22/h1,3-6,23H,7-16H2. The molecule has 0 aliphatic heterocycles. The van der Waals surface area contributed by atoms with E-state index in [1.54, 1.807) is 6.07 Å². The fraction of sp³-hybridized carbons (Fsp3) is 0.579. The summed E-state index contributed by atoms with van der Waals surface area (Å²) < 4.78 is 59.5. The van der Waals surface area contributed by atoms with Gasteiger partial charge in [0.2, 0.25) is 0 Å². The molecule has 0 radical (unpaired) electrons. The molecule has 0 heterocycles. The van der Waals surface area contributed by atoms with Gasteiger partial charge in [-0.05, 0) is 11.6 Å². The van der Waals surface area contributed by atoms with Gasteiger partial charge in [0.15, 0.2) is 0 Å². The minimum atomic E-state index is -4.34. The molecule has 0 saturated heterocycles. The van der Waals surface area contributed by atoms with Crippen molar-refractivity contribution in [2.45, 2.75) is 12.7 Å². The smallest absolute Gasteiger partial charge is 0.378 e. The summed E-state index contributed by atoms with van der Waals surface area (Å²) in [7, 11) is 0. The summed E-state index contributed by atoms with van der Waals surface area (Å²) in [6, 6.07) is 5.52. The van der Waals surface area contributed by atoms with Gasteiger partial charge in [0.25, 0.3) is 0 Å². The summed E-state index contributed by atoms with van der Waals surface area (Å²) in [6.07, 6.45) is 0.689. The predicted octanol–water partition coefficient (Wildman–Crippen LogP) is 2.49. The number of alkyl halides is 3. The highest BCUT2D eigenvalue weighted by atomic mass is 19.4. The van der Waals surface area contributed by atoms with Crippen LogP contribution in [0.4, 0.5) is 13.2 Å². The number of halogens is 3. The van der Waals surface area contributed by atoms with E-state index < -0.39 is 11.7 Å². The van der Waals surface area contributed by atoms with Crippen molar-refractivity contribution in [1.82, 2.24) is 5.32 Å². The molecule has 1 N–H and O–H groups in total. The fourth-order valence-electron chi connectivity index (χ4n) is 2.11. The van der Waals surface area contributed by atoms with Crippen molar-refractivity contribution in [2.24, 2.45) is 0 Å². The van der Waals surface area contributed by atoms with E-state index in [0.717, 1.165) is 6.07 Å². The summed E-state index contributed by atoms with van der Waals surface area (Å²) >= 11 is 0. The summed E-state index contributed by atoms with van der Waals surface area (Å²) in [6.45, 7) is 3.91. The number of rotatable bonds is 15. The molecule has 0 spiro atoms. The fourth-order valence-corrected chi connectivity index (χ4v) is 2.11. The van der Waals surface area contributed by atoms with Crippen LogP contribution in [0.2, 0.25) is 0 Å². The Kier molecular flexibility index (Phi) is 12.5. The third kappa shape index (κ3) is 11.6. The quantitative estimate of drug-likeness (QED) is 0.369. The first-order valence-corrected chi connectivity index (χ1v) is 8.66. The number of hydrogen-bond donors (Lipinski definition) is 1. The first kappa shape index (κ1) is 23.4. The first-order valence-electron chi connectivity index (χ1n) is 8.66. The van der Waals surface area contributed by atoms with Crippen LogP contribution >= 0.6 is 0 Å². The van der Waals surface area contributed by atoms with E-state index in [9.17, 15) is 13.2 Å². The van der Waals surface area contributed by atoms with E-state index in [1.165, 1.54) is 12.1 Å². The molecule has 0 aromatic heterocycles. The number of terminal acetylenes is 1. The minimum Gasteiger partial charge on any atom is -0.378 e. The van der Waals surface area contributed by atoms with Crippen molar-refractivity contribution in [3.05, 3.63) is 35.4 Å². The molecule has 1 aromatic rings. The molecule has 0 aliphatic rings. The Morgan fingerprint density at radius 1 is 0.852 bits per heavy atom. The molecule has 0 unspecified atom stereocenters.